The van der Waals surface area contributed by atoms with Crippen molar-refractivity contribution in [1.82, 2.24) is 15.2 Å². The first-order valence-corrected chi connectivity index (χ1v) is 12.4. The van der Waals surface area contributed by atoms with Gasteiger partial charge in [0, 0.05) is 43.2 Å². The van der Waals surface area contributed by atoms with Gasteiger partial charge in [-0.3, -0.25) is 9.69 Å². The summed E-state index contributed by atoms with van der Waals surface area (Å²) in [6.45, 7) is 3.26. The molecule has 4 aliphatic rings. The Labute approximate surface area is 203 Å². The van der Waals surface area contributed by atoms with Crippen molar-refractivity contribution in [3.63, 3.8) is 0 Å². The summed E-state index contributed by atoms with van der Waals surface area (Å²) in [4.78, 5) is 19.1. The van der Waals surface area contributed by atoms with E-state index >= 15 is 0 Å². The highest BCUT2D eigenvalue weighted by atomic mass is 35.5. The number of pyridine rings is 1. The molecule has 10 heteroatoms. The van der Waals surface area contributed by atoms with E-state index in [1.54, 1.807) is 6.07 Å². The van der Waals surface area contributed by atoms with Crippen molar-refractivity contribution in [2.24, 2.45) is 0 Å². The summed E-state index contributed by atoms with van der Waals surface area (Å²) in [5.74, 6) is -3.04. The van der Waals surface area contributed by atoms with Crippen molar-refractivity contribution in [1.29, 1.82) is 0 Å². The van der Waals surface area contributed by atoms with Gasteiger partial charge < -0.3 is 15.7 Å². The largest absolute Gasteiger partial charge is 0.387 e. The topological polar surface area (TPSA) is 77.5 Å². The molecule has 3 N–H and O–H groups in total. The van der Waals surface area contributed by atoms with Crippen LogP contribution in [0.3, 0.4) is 0 Å². The second-order valence-electron chi connectivity index (χ2n) is 10.9. The second-order valence-corrected chi connectivity index (χ2v) is 11.2. The van der Waals surface area contributed by atoms with Gasteiger partial charge in [-0.2, -0.15) is 0 Å². The molecule has 1 amide bonds. The van der Waals surface area contributed by atoms with Gasteiger partial charge in [0.2, 0.25) is 0 Å². The Morgan fingerprint density at radius 3 is 2.32 bits per heavy atom. The number of nitrogens with zero attached hydrogens (tertiary/aromatic N) is 2. The van der Waals surface area contributed by atoms with Gasteiger partial charge in [-0.05, 0) is 58.4 Å². The number of piperidine rings is 1. The lowest BCUT2D eigenvalue weighted by molar-refractivity contribution is -0.101. The monoisotopic (exact) mass is 502 g/mol. The summed E-state index contributed by atoms with van der Waals surface area (Å²) < 4.78 is 41.4. The molecular weight excluding hydrogens is 469 g/mol. The normalized spacial score (nSPS) is 30.1. The smallest absolute Gasteiger partial charge is 0.255 e. The van der Waals surface area contributed by atoms with E-state index in [0.29, 0.717) is 18.8 Å². The Balaban J connectivity index is 1.43. The molecule has 0 radical (unpaired) electrons. The van der Waals surface area contributed by atoms with Crippen LogP contribution in [0, 0.1) is 0 Å². The predicted octanol–water partition coefficient (Wildman–Crippen LogP) is 4.56. The van der Waals surface area contributed by atoms with E-state index in [1.165, 1.54) is 20.0 Å². The molecule has 1 aromatic rings. The summed E-state index contributed by atoms with van der Waals surface area (Å²) in [6.07, 6.45) is 4.97. The lowest BCUT2D eigenvalue weighted by atomic mass is 9.60. The third-order valence-electron chi connectivity index (χ3n) is 8.10. The van der Waals surface area contributed by atoms with Crippen LogP contribution in [-0.4, -0.2) is 69.3 Å². The van der Waals surface area contributed by atoms with Crippen molar-refractivity contribution >= 4 is 23.2 Å². The van der Waals surface area contributed by atoms with E-state index in [2.05, 4.69) is 20.5 Å². The number of halogens is 4. The third kappa shape index (κ3) is 5.31. The fourth-order valence-electron chi connectivity index (χ4n) is 5.66. The molecule has 3 saturated carbocycles. The van der Waals surface area contributed by atoms with Crippen LogP contribution in [0.1, 0.15) is 75.6 Å². The summed E-state index contributed by atoms with van der Waals surface area (Å²) >= 11 is 6.13. The maximum Gasteiger partial charge on any atom is 0.255 e. The first kappa shape index (κ1) is 25.5. The number of anilines is 1. The molecule has 0 spiro atoms. The van der Waals surface area contributed by atoms with Crippen LogP contribution >= 0.6 is 11.6 Å². The number of nitrogens with one attached hydrogen (secondary N) is 2. The zero-order chi connectivity index (χ0) is 24.8. The third-order valence-corrected chi connectivity index (χ3v) is 8.30. The molecule has 5 rings (SSSR count). The van der Waals surface area contributed by atoms with Crippen LogP contribution in [0.15, 0.2) is 12.3 Å². The SMILES string of the molecule is CC(C)(O)C(F)CNC(=O)c1cnc(Cl)cc1NC12CCC(N3CCC(F)(F)CC3)(CC1)CC2. The maximum atomic E-state index is 14.1. The van der Waals surface area contributed by atoms with Gasteiger partial charge in [-0.1, -0.05) is 11.6 Å². The molecule has 1 aromatic heterocycles. The molecule has 34 heavy (non-hydrogen) atoms. The van der Waals surface area contributed by atoms with E-state index in [-0.39, 0.29) is 41.2 Å². The van der Waals surface area contributed by atoms with Crippen molar-refractivity contribution in [2.75, 3.05) is 25.0 Å². The van der Waals surface area contributed by atoms with Gasteiger partial charge >= 0.3 is 0 Å². The number of aliphatic hydroxyl groups is 1. The van der Waals surface area contributed by atoms with Crippen molar-refractivity contribution in [2.45, 2.75) is 94.0 Å². The minimum absolute atomic E-state index is 0.0107. The lowest BCUT2D eigenvalue weighted by Crippen LogP contribution is -2.62. The Morgan fingerprint density at radius 1 is 1.18 bits per heavy atom. The molecule has 2 heterocycles. The minimum atomic E-state index is -2.55. The molecular formula is C24H34ClF3N4O2. The van der Waals surface area contributed by atoms with E-state index < -0.39 is 23.6 Å². The number of carbonyl (C=O) groups excluding carboxylic acids is 1. The van der Waals surface area contributed by atoms with E-state index in [4.69, 9.17) is 11.6 Å². The Bertz CT molecular complexity index is 889. The number of amides is 1. The van der Waals surface area contributed by atoms with Gasteiger partial charge in [0.15, 0.2) is 0 Å². The van der Waals surface area contributed by atoms with Gasteiger partial charge in [0.25, 0.3) is 11.8 Å². The molecule has 2 bridgehead atoms. The molecule has 3 aliphatic carbocycles. The van der Waals surface area contributed by atoms with Crippen LogP contribution in [0.2, 0.25) is 5.15 Å². The molecule has 0 aromatic carbocycles. The minimum Gasteiger partial charge on any atom is -0.387 e. The van der Waals surface area contributed by atoms with Crippen molar-refractivity contribution in [3.05, 3.63) is 23.0 Å². The van der Waals surface area contributed by atoms with Gasteiger partial charge in [-0.15, -0.1) is 0 Å². The van der Waals surface area contributed by atoms with Gasteiger partial charge in [0.1, 0.15) is 11.3 Å². The van der Waals surface area contributed by atoms with Crippen LogP contribution in [0.5, 0.6) is 0 Å². The molecule has 4 fully saturated rings. The molecule has 1 aliphatic heterocycles. The standard InChI is InChI=1S/C24H34ClF3N4O2/c1-21(2,34)18(26)15-30-20(33)16-14-29-19(25)13-17(16)31-22-3-6-23(7-4-22,8-5-22)32-11-9-24(27,28)10-12-32/h13-14,18,34H,3-12,15H2,1-2H3,(H,29,31)(H,30,33). The summed E-state index contributed by atoms with van der Waals surface area (Å²) in [5, 5.41) is 16.1. The zero-order valence-corrected chi connectivity index (χ0v) is 20.5. The molecule has 1 unspecified atom stereocenters. The molecule has 1 atom stereocenters. The number of aromatic nitrogens is 1. The summed E-state index contributed by atoms with van der Waals surface area (Å²) in [5.41, 5.74) is -0.974. The van der Waals surface area contributed by atoms with Gasteiger partial charge in [0.05, 0.1) is 23.4 Å². The number of alkyl halides is 3. The molecule has 190 valence electrons. The fourth-order valence-corrected chi connectivity index (χ4v) is 5.82. The summed E-state index contributed by atoms with van der Waals surface area (Å²) in [7, 11) is 0. The second kappa shape index (κ2) is 9.13. The van der Waals surface area contributed by atoms with Crippen molar-refractivity contribution in [3.8, 4) is 0 Å². The van der Waals surface area contributed by atoms with Crippen LogP contribution in [0.25, 0.3) is 0 Å². The van der Waals surface area contributed by atoms with E-state index in [0.717, 1.165) is 38.5 Å². The number of fused-ring (bicyclic) bond motifs is 3. The predicted molar refractivity (Wildman–Crippen MR) is 125 cm³/mol. The number of hydrogen-bond donors (Lipinski definition) is 3. The van der Waals surface area contributed by atoms with E-state index in [1.807, 2.05) is 0 Å². The first-order valence-electron chi connectivity index (χ1n) is 12.0. The van der Waals surface area contributed by atoms with Gasteiger partial charge in [-0.25, -0.2) is 18.2 Å². The van der Waals surface area contributed by atoms with Crippen molar-refractivity contribution < 1.29 is 23.1 Å². The number of carbonyl (C=O) groups is 1. The van der Waals surface area contributed by atoms with Crippen LogP contribution in [0.4, 0.5) is 18.9 Å². The maximum absolute atomic E-state index is 14.1. The number of likely N-dealkylation sites (tertiary alicyclic amines) is 1. The number of rotatable bonds is 7. The number of hydrogen-bond acceptors (Lipinski definition) is 5. The highest BCUT2D eigenvalue weighted by molar-refractivity contribution is 6.29. The average molecular weight is 503 g/mol. The van der Waals surface area contributed by atoms with Crippen LogP contribution in [-0.2, 0) is 0 Å². The molecule has 6 nitrogen and oxygen atoms in total. The Kier molecular flexibility index (Phi) is 6.85. The Hall–Kier alpha value is -1.58. The highest BCUT2D eigenvalue weighted by Gasteiger charge is 2.53. The highest BCUT2D eigenvalue weighted by Crippen LogP contribution is 2.52. The Morgan fingerprint density at radius 2 is 1.76 bits per heavy atom. The van der Waals surface area contributed by atoms with E-state index in [9.17, 15) is 23.1 Å². The summed E-state index contributed by atoms with van der Waals surface area (Å²) in [6, 6.07) is 1.61. The fraction of sp³-hybridized carbons (Fsp3) is 0.750. The first-order chi connectivity index (χ1) is 15.8. The van der Waals surface area contributed by atoms with Crippen LogP contribution < -0.4 is 10.6 Å². The zero-order valence-electron chi connectivity index (χ0n) is 19.8. The molecule has 1 saturated heterocycles. The quantitative estimate of drug-likeness (QED) is 0.476. The lowest BCUT2D eigenvalue weighted by Gasteiger charge is -2.59. The average Bonchev–Trinajstić information content (AvgIpc) is 2.77.